The Kier molecular flexibility index (Phi) is 3.36. The minimum atomic E-state index is -1.02. The molecule has 7 heteroatoms. The fourth-order valence-corrected chi connectivity index (χ4v) is 1.33. The van der Waals surface area contributed by atoms with Crippen LogP contribution < -0.4 is 10.3 Å². The summed E-state index contributed by atoms with van der Waals surface area (Å²) in [6.45, 7) is 0. The summed E-state index contributed by atoms with van der Waals surface area (Å²) in [7, 11) is 0. The summed E-state index contributed by atoms with van der Waals surface area (Å²) in [6.07, 6.45) is 0. The van der Waals surface area contributed by atoms with Gasteiger partial charge in [0, 0.05) is 6.07 Å². The van der Waals surface area contributed by atoms with Gasteiger partial charge in [0.1, 0.15) is 0 Å². The zero-order valence-corrected chi connectivity index (χ0v) is 9.54. The van der Waals surface area contributed by atoms with Gasteiger partial charge in [-0.15, -0.1) is 9.46 Å². The number of para-hydroxylation sites is 2. The minimum absolute atomic E-state index is 0. The fourth-order valence-electron chi connectivity index (χ4n) is 1.33. The molecule has 0 fully saturated rings. The molecule has 16 heavy (non-hydrogen) atoms. The van der Waals surface area contributed by atoms with Crippen LogP contribution in [-0.2, 0) is 0 Å². The Labute approximate surface area is 106 Å². The van der Waals surface area contributed by atoms with Crippen molar-refractivity contribution in [2.75, 3.05) is 0 Å². The van der Waals surface area contributed by atoms with E-state index in [1.54, 1.807) is 12.1 Å². The number of nitrogens with zero attached hydrogens (tertiary/aromatic N) is 3. The maximum atomic E-state index is 11.5. The van der Waals surface area contributed by atoms with Crippen LogP contribution in [0.2, 0.25) is 0 Å². The van der Waals surface area contributed by atoms with E-state index in [9.17, 15) is 15.2 Å². The van der Waals surface area contributed by atoms with E-state index in [1.165, 1.54) is 18.2 Å². The molecule has 0 radical (unpaired) electrons. The van der Waals surface area contributed by atoms with Crippen LogP contribution in [0.3, 0.4) is 0 Å². The third-order valence-electron chi connectivity index (χ3n) is 2.03. The molecule has 0 aliphatic carbocycles. The maximum Gasteiger partial charge on any atom is 2.00 e. The van der Waals surface area contributed by atoms with Crippen LogP contribution in [0, 0.1) is 16.5 Å². The first kappa shape index (κ1) is 12.3. The summed E-state index contributed by atoms with van der Waals surface area (Å²) in [5.41, 5.74) is -1.55. The predicted molar refractivity (Wildman–Crippen MR) is 54.8 cm³/mol. The first-order valence-corrected chi connectivity index (χ1v) is 4.03. The molecule has 0 bridgehead atoms. The van der Waals surface area contributed by atoms with Crippen LogP contribution >= 0.6 is 0 Å². The van der Waals surface area contributed by atoms with E-state index >= 15 is 0 Å². The van der Waals surface area contributed by atoms with Crippen molar-refractivity contribution >= 4 is 34.1 Å². The molecule has 0 amide bonds. The van der Waals surface area contributed by atoms with E-state index < -0.39 is 11.3 Å². The van der Waals surface area contributed by atoms with Crippen molar-refractivity contribution in [3.8, 4) is 6.07 Å². The third kappa shape index (κ3) is 1.58. The van der Waals surface area contributed by atoms with E-state index in [4.69, 9.17) is 5.26 Å². The number of fused-ring (bicyclic) bond motifs is 1. The Morgan fingerprint density at radius 2 is 2.06 bits per heavy atom. The second kappa shape index (κ2) is 4.38. The Balaban J connectivity index is 0.00000128. The maximum absolute atomic E-state index is 11.5. The van der Waals surface area contributed by atoms with Gasteiger partial charge in [-0.1, -0.05) is 12.1 Å². The molecular formula is C9H5MgN3O3+2. The Morgan fingerprint density at radius 1 is 1.44 bits per heavy atom. The number of rotatable bonds is 0. The second-order valence-electron chi connectivity index (χ2n) is 2.86. The van der Waals surface area contributed by atoms with Crippen molar-refractivity contribution in [2.45, 2.75) is 0 Å². The van der Waals surface area contributed by atoms with Crippen molar-refractivity contribution in [1.29, 1.82) is 5.26 Å². The normalized spacial score (nSPS) is 9.44. The Bertz CT molecular complexity index is 645. The molecule has 0 atom stereocenters. The Morgan fingerprint density at radius 3 is 2.69 bits per heavy atom. The van der Waals surface area contributed by atoms with E-state index in [1.807, 2.05) is 0 Å². The van der Waals surface area contributed by atoms with Gasteiger partial charge in [-0.25, -0.2) is 0 Å². The molecule has 2 rings (SSSR count). The topological polar surface area (TPSA) is 93.0 Å². The van der Waals surface area contributed by atoms with Crippen molar-refractivity contribution in [3.05, 3.63) is 45.5 Å². The van der Waals surface area contributed by atoms with Gasteiger partial charge in [0.2, 0.25) is 5.52 Å². The molecule has 0 saturated heterocycles. The molecule has 6 nitrogen and oxygen atoms in total. The van der Waals surface area contributed by atoms with Crippen LogP contribution in [0.25, 0.3) is 11.0 Å². The average molecular weight is 227 g/mol. The molecule has 0 unspecified atom stereocenters. The Hall–Kier alpha value is -1.78. The predicted octanol–water partition coefficient (Wildman–Crippen LogP) is -0.637. The largest absolute Gasteiger partial charge is 2.00 e. The third-order valence-corrected chi connectivity index (χ3v) is 2.03. The number of nitriles is 1. The standard InChI is InChI=1S/C9H5N3O3.Mg/c10-5-8-9(13)12(15)7-4-2-1-3-6(7)11(8)14;/h1-4,15H;/q;+2. The van der Waals surface area contributed by atoms with Crippen molar-refractivity contribution in [1.82, 2.24) is 4.73 Å². The molecule has 1 N–H and O–H groups in total. The van der Waals surface area contributed by atoms with Crippen molar-refractivity contribution in [2.24, 2.45) is 0 Å². The van der Waals surface area contributed by atoms with Gasteiger partial charge in [-0.05, 0) is 6.07 Å². The zero-order valence-electron chi connectivity index (χ0n) is 8.12. The van der Waals surface area contributed by atoms with Gasteiger partial charge in [0.15, 0.2) is 11.6 Å². The summed E-state index contributed by atoms with van der Waals surface area (Å²) < 4.78 is 0.507. The molecular weight excluding hydrogens is 222 g/mol. The summed E-state index contributed by atoms with van der Waals surface area (Å²) in [5, 5.41) is 29.5. The van der Waals surface area contributed by atoms with Crippen molar-refractivity contribution < 1.29 is 9.94 Å². The van der Waals surface area contributed by atoms with Gasteiger partial charge < -0.3 is 10.4 Å². The SMILES string of the molecule is N#Cc1c(=O)n(O)c2ccccc2[n+]1[O-].[Mg+2]. The quantitative estimate of drug-likeness (QED) is 0.280. The second-order valence-corrected chi connectivity index (χ2v) is 2.86. The van der Waals surface area contributed by atoms with Crippen LogP contribution in [0.1, 0.15) is 5.69 Å². The smallest absolute Gasteiger partial charge is 0.617 e. The first-order chi connectivity index (χ1) is 7.16. The molecule has 0 spiro atoms. The van der Waals surface area contributed by atoms with Gasteiger partial charge in [-0.3, -0.25) is 4.79 Å². The van der Waals surface area contributed by atoms with E-state index in [-0.39, 0.29) is 38.8 Å². The van der Waals surface area contributed by atoms with E-state index in [2.05, 4.69) is 0 Å². The van der Waals surface area contributed by atoms with Crippen LogP contribution in [0.5, 0.6) is 0 Å². The molecule has 1 aromatic heterocycles. The van der Waals surface area contributed by atoms with Crippen molar-refractivity contribution in [3.63, 3.8) is 0 Å². The monoisotopic (exact) mass is 227 g/mol. The fraction of sp³-hybridized carbons (Fsp3) is 0. The molecule has 2 aromatic rings. The van der Waals surface area contributed by atoms with Gasteiger partial charge >= 0.3 is 34.3 Å². The number of benzene rings is 1. The van der Waals surface area contributed by atoms with Crippen LogP contribution in [-0.4, -0.2) is 33.0 Å². The first-order valence-electron chi connectivity index (χ1n) is 4.03. The van der Waals surface area contributed by atoms with Gasteiger partial charge in [0.25, 0.3) is 0 Å². The summed E-state index contributed by atoms with van der Waals surface area (Å²) in [6, 6.07) is 7.42. The molecule has 74 valence electrons. The minimum Gasteiger partial charge on any atom is -0.617 e. The number of hydrogen-bond acceptors (Lipinski definition) is 4. The van der Waals surface area contributed by atoms with Gasteiger partial charge in [-0.2, -0.15) is 5.26 Å². The van der Waals surface area contributed by atoms with Crippen LogP contribution in [0.15, 0.2) is 29.1 Å². The average Bonchev–Trinajstić information content (AvgIpc) is 2.27. The summed E-state index contributed by atoms with van der Waals surface area (Å²) >= 11 is 0. The molecule has 0 aliphatic rings. The van der Waals surface area contributed by atoms with Gasteiger partial charge in [0.05, 0.1) is 0 Å². The van der Waals surface area contributed by atoms with Crippen LogP contribution in [0.4, 0.5) is 0 Å². The zero-order chi connectivity index (χ0) is 11.0. The van der Waals surface area contributed by atoms with E-state index in [0.717, 1.165) is 0 Å². The van der Waals surface area contributed by atoms with E-state index in [0.29, 0.717) is 4.73 Å². The molecule has 1 aromatic carbocycles. The summed E-state index contributed by atoms with van der Waals surface area (Å²) in [5.74, 6) is 0. The molecule has 1 heterocycles. The summed E-state index contributed by atoms with van der Waals surface area (Å²) in [4.78, 5) is 11.3. The number of hydrogen-bond donors (Lipinski definition) is 1. The molecule has 0 saturated carbocycles. The molecule has 0 aliphatic heterocycles. The number of aromatic nitrogens is 2.